The number of aromatic nitrogens is 3. The van der Waals surface area contributed by atoms with Gasteiger partial charge in [0.2, 0.25) is 5.76 Å². The van der Waals surface area contributed by atoms with Crippen LogP contribution in [0.3, 0.4) is 0 Å². The Hall–Kier alpha value is -2.58. The molecule has 0 saturated carbocycles. The molecule has 5 heterocycles. The number of ether oxygens (including phenoxy) is 1. The van der Waals surface area contributed by atoms with E-state index in [9.17, 15) is 4.79 Å². The Morgan fingerprint density at radius 3 is 2.81 bits per heavy atom. The Balaban J connectivity index is 1.40. The summed E-state index contributed by atoms with van der Waals surface area (Å²) in [4.78, 5) is 29.2. The molecule has 2 aliphatic heterocycles. The van der Waals surface area contributed by atoms with Gasteiger partial charge >= 0.3 is 0 Å². The van der Waals surface area contributed by atoms with Gasteiger partial charge in [-0.25, -0.2) is 4.98 Å². The number of piperidine rings is 1. The third-order valence-corrected chi connectivity index (χ3v) is 6.54. The maximum Gasteiger partial charge on any atom is 0.291 e. The van der Waals surface area contributed by atoms with Crippen LogP contribution in [0.4, 0.5) is 0 Å². The minimum Gasteiger partial charge on any atom is -0.438 e. The van der Waals surface area contributed by atoms with Gasteiger partial charge in [-0.1, -0.05) is 0 Å². The first kappa shape index (κ1) is 16.6. The van der Waals surface area contributed by atoms with Gasteiger partial charge in [-0.2, -0.15) is 0 Å². The Bertz CT molecular complexity index is 947. The van der Waals surface area contributed by atoms with Crippen LogP contribution >= 0.6 is 11.3 Å². The predicted octanol–water partition coefficient (Wildman–Crippen LogP) is 2.90. The largest absolute Gasteiger partial charge is 0.438 e. The molecule has 8 heteroatoms. The summed E-state index contributed by atoms with van der Waals surface area (Å²) in [5, 5.41) is 0. The number of fused-ring (bicyclic) bond motifs is 2. The number of rotatable bonds is 2. The van der Waals surface area contributed by atoms with Gasteiger partial charge < -0.3 is 14.1 Å². The van der Waals surface area contributed by atoms with E-state index < -0.39 is 0 Å². The summed E-state index contributed by atoms with van der Waals surface area (Å²) in [7, 11) is 0. The van der Waals surface area contributed by atoms with Crippen molar-refractivity contribution in [1.29, 1.82) is 0 Å². The summed E-state index contributed by atoms with van der Waals surface area (Å²) < 4.78 is 11.4. The predicted molar refractivity (Wildman–Crippen MR) is 98.3 cm³/mol. The van der Waals surface area contributed by atoms with E-state index in [4.69, 9.17) is 9.15 Å². The van der Waals surface area contributed by atoms with Gasteiger partial charge in [0.15, 0.2) is 6.39 Å². The molecule has 0 radical (unpaired) electrons. The molecule has 0 atom stereocenters. The SMILES string of the molecule is O=C(c1cnco1)N1CCC2(CC1)OCCc1sc(-c3cnccn3)cc12. The molecule has 5 rings (SSSR count). The average molecular weight is 382 g/mol. The van der Waals surface area contributed by atoms with Crippen molar-refractivity contribution in [2.75, 3.05) is 19.7 Å². The summed E-state index contributed by atoms with van der Waals surface area (Å²) in [5.74, 6) is 0.181. The lowest BCUT2D eigenvalue weighted by Crippen LogP contribution is -2.48. The van der Waals surface area contributed by atoms with Crippen molar-refractivity contribution in [2.45, 2.75) is 24.9 Å². The second kappa shape index (κ2) is 6.54. The number of nitrogens with zero attached hydrogens (tertiary/aromatic N) is 4. The first-order valence-corrected chi connectivity index (χ1v) is 9.78. The van der Waals surface area contributed by atoms with Crippen molar-refractivity contribution in [3.05, 3.63) is 53.4 Å². The molecule has 1 amide bonds. The molecule has 0 unspecified atom stereocenters. The standard InChI is InChI=1S/C19H18N4O3S/c24-18(15-11-21-12-25-15)23-6-2-19(3-7-23)13-9-17(14-10-20-4-5-22-14)27-16(13)1-8-26-19/h4-5,9-12H,1-3,6-8H2. The minimum atomic E-state index is -0.317. The van der Waals surface area contributed by atoms with E-state index in [1.54, 1.807) is 29.9 Å². The molecule has 2 aliphatic rings. The molecule has 3 aromatic heterocycles. The number of hydrogen-bond donors (Lipinski definition) is 0. The number of hydrogen-bond acceptors (Lipinski definition) is 7. The van der Waals surface area contributed by atoms with Crippen molar-refractivity contribution < 1.29 is 13.9 Å². The molecule has 3 aromatic rings. The minimum absolute atomic E-state index is 0.107. The lowest BCUT2D eigenvalue weighted by atomic mass is 9.82. The maximum atomic E-state index is 12.5. The van der Waals surface area contributed by atoms with Gasteiger partial charge in [-0.05, 0) is 24.5 Å². The lowest BCUT2D eigenvalue weighted by Gasteiger charge is -2.43. The molecular formula is C19H18N4O3S. The third kappa shape index (κ3) is 2.85. The highest BCUT2D eigenvalue weighted by Gasteiger charge is 2.43. The van der Waals surface area contributed by atoms with Gasteiger partial charge in [-0.3, -0.25) is 14.8 Å². The Morgan fingerprint density at radius 2 is 2.07 bits per heavy atom. The molecule has 27 heavy (non-hydrogen) atoms. The first-order chi connectivity index (χ1) is 13.3. The fourth-order valence-corrected chi connectivity index (χ4v) is 5.12. The molecule has 0 aromatic carbocycles. The van der Waals surface area contributed by atoms with Gasteiger partial charge in [0.1, 0.15) is 0 Å². The topological polar surface area (TPSA) is 81.4 Å². The fraction of sp³-hybridized carbons (Fsp3) is 0.368. The number of carbonyl (C=O) groups is 1. The Morgan fingerprint density at radius 1 is 1.19 bits per heavy atom. The Labute approximate surface area is 160 Å². The van der Waals surface area contributed by atoms with Crippen molar-refractivity contribution >= 4 is 17.2 Å². The van der Waals surface area contributed by atoms with E-state index >= 15 is 0 Å². The zero-order valence-corrected chi connectivity index (χ0v) is 15.4. The highest BCUT2D eigenvalue weighted by atomic mass is 32.1. The van der Waals surface area contributed by atoms with Gasteiger partial charge in [-0.15, -0.1) is 11.3 Å². The monoisotopic (exact) mass is 382 g/mol. The molecule has 0 aliphatic carbocycles. The van der Waals surface area contributed by atoms with E-state index in [0.29, 0.717) is 19.7 Å². The van der Waals surface area contributed by atoms with Crippen LogP contribution in [0.15, 0.2) is 41.7 Å². The van der Waals surface area contributed by atoms with E-state index in [-0.39, 0.29) is 17.3 Å². The van der Waals surface area contributed by atoms with Crippen LogP contribution in [-0.4, -0.2) is 45.5 Å². The number of amides is 1. The van der Waals surface area contributed by atoms with Crippen LogP contribution in [0.2, 0.25) is 0 Å². The summed E-state index contributed by atoms with van der Waals surface area (Å²) in [6.45, 7) is 1.98. The quantitative estimate of drug-likeness (QED) is 0.678. The summed E-state index contributed by atoms with van der Waals surface area (Å²) in [6.07, 6.45) is 10.4. The van der Waals surface area contributed by atoms with E-state index in [1.807, 2.05) is 4.90 Å². The van der Waals surface area contributed by atoms with E-state index in [1.165, 1.54) is 23.0 Å². The molecule has 0 bridgehead atoms. The lowest BCUT2D eigenvalue weighted by molar-refractivity contribution is -0.0928. The van der Waals surface area contributed by atoms with Crippen molar-refractivity contribution in [1.82, 2.24) is 19.9 Å². The van der Waals surface area contributed by atoms with Crippen LogP contribution in [-0.2, 0) is 16.8 Å². The molecular weight excluding hydrogens is 364 g/mol. The van der Waals surface area contributed by atoms with Crippen LogP contribution in [0.5, 0.6) is 0 Å². The van der Waals surface area contributed by atoms with Crippen molar-refractivity contribution in [3.63, 3.8) is 0 Å². The zero-order chi connectivity index (χ0) is 18.3. The smallest absolute Gasteiger partial charge is 0.291 e. The Kier molecular flexibility index (Phi) is 4.02. The van der Waals surface area contributed by atoms with Crippen molar-refractivity contribution in [3.8, 4) is 10.6 Å². The van der Waals surface area contributed by atoms with Gasteiger partial charge in [0.05, 0.1) is 35.2 Å². The molecule has 138 valence electrons. The first-order valence-electron chi connectivity index (χ1n) is 8.96. The van der Waals surface area contributed by atoms with Gasteiger partial charge in [0, 0.05) is 36.8 Å². The highest BCUT2D eigenvalue weighted by molar-refractivity contribution is 7.15. The maximum absolute atomic E-state index is 12.5. The summed E-state index contributed by atoms with van der Waals surface area (Å²) in [6, 6.07) is 2.21. The molecule has 1 spiro atoms. The summed E-state index contributed by atoms with van der Waals surface area (Å²) in [5.41, 5.74) is 1.83. The number of carbonyl (C=O) groups excluding carboxylic acids is 1. The molecule has 7 nitrogen and oxygen atoms in total. The third-order valence-electron chi connectivity index (χ3n) is 5.32. The summed E-state index contributed by atoms with van der Waals surface area (Å²) >= 11 is 1.77. The molecule has 1 fully saturated rings. The highest BCUT2D eigenvalue weighted by Crippen LogP contribution is 2.46. The normalized spacial score (nSPS) is 18.4. The van der Waals surface area contributed by atoms with Crippen LogP contribution in [0, 0.1) is 0 Å². The van der Waals surface area contributed by atoms with Gasteiger partial charge in [0.25, 0.3) is 5.91 Å². The molecule has 1 saturated heterocycles. The van der Waals surface area contributed by atoms with E-state index in [0.717, 1.165) is 29.8 Å². The van der Waals surface area contributed by atoms with Crippen molar-refractivity contribution in [2.24, 2.45) is 0 Å². The van der Waals surface area contributed by atoms with E-state index in [2.05, 4.69) is 21.0 Å². The second-order valence-corrected chi connectivity index (χ2v) is 7.93. The fourth-order valence-electron chi connectivity index (χ4n) is 3.93. The number of likely N-dealkylation sites (tertiary alicyclic amines) is 1. The van der Waals surface area contributed by atoms with Crippen LogP contribution < -0.4 is 0 Å². The average Bonchev–Trinajstić information content (AvgIpc) is 3.40. The zero-order valence-electron chi connectivity index (χ0n) is 14.6. The number of oxazole rings is 1. The second-order valence-electron chi connectivity index (χ2n) is 6.79. The molecule has 0 N–H and O–H groups in total. The number of thiophene rings is 1. The van der Waals surface area contributed by atoms with Crippen LogP contribution in [0.25, 0.3) is 10.6 Å². The van der Waals surface area contributed by atoms with Crippen LogP contribution in [0.1, 0.15) is 33.8 Å².